The van der Waals surface area contributed by atoms with Crippen molar-refractivity contribution in [2.45, 2.75) is 33.6 Å². The quantitative estimate of drug-likeness (QED) is 0.594. The molecule has 0 bridgehead atoms. The first-order chi connectivity index (χ1) is 9.61. The predicted octanol–water partition coefficient (Wildman–Crippen LogP) is 2.97. The van der Waals surface area contributed by atoms with Crippen molar-refractivity contribution in [1.29, 1.82) is 0 Å². The highest BCUT2D eigenvalue weighted by Gasteiger charge is 1.99. The van der Waals surface area contributed by atoms with Gasteiger partial charge >= 0.3 is 0 Å². The summed E-state index contributed by atoms with van der Waals surface area (Å²) in [7, 11) is 0. The standard InChI is InChI=1S/C16H26FN3/c1-4-18-16(19-10-8-13(2)3)20-11-9-14-6-5-7-15(17)12-14/h5-7,12-13H,4,8-11H2,1-3H3,(H2,18,19,20). The van der Waals surface area contributed by atoms with Gasteiger partial charge in [-0.1, -0.05) is 26.0 Å². The molecule has 0 aliphatic rings. The van der Waals surface area contributed by atoms with Crippen LogP contribution in [0.2, 0.25) is 0 Å². The molecule has 0 amide bonds. The van der Waals surface area contributed by atoms with Crippen LogP contribution in [0.25, 0.3) is 0 Å². The van der Waals surface area contributed by atoms with Gasteiger partial charge in [-0.25, -0.2) is 4.39 Å². The molecule has 0 unspecified atom stereocenters. The molecule has 0 fully saturated rings. The maximum Gasteiger partial charge on any atom is 0.191 e. The largest absolute Gasteiger partial charge is 0.357 e. The van der Waals surface area contributed by atoms with Crippen molar-refractivity contribution < 1.29 is 4.39 Å². The molecule has 1 aromatic carbocycles. The van der Waals surface area contributed by atoms with Crippen LogP contribution in [-0.4, -0.2) is 25.6 Å². The Labute approximate surface area is 121 Å². The third kappa shape index (κ3) is 7.12. The van der Waals surface area contributed by atoms with Crippen LogP contribution in [0.5, 0.6) is 0 Å². The van der Waals surface area contributed by atoms with E-state index in [0.29, 0.717) is 5.92 Å². The van der Waals surface area contributed by atoms with Crippen LogP contribution >= 0.6 is 0 Å². The van der Waals surface area contributed by atoms with Crippen molar-refractivity contribution in [2.24, 2.45) is 10.9 Å². The van der Waals surface area contributed by atoms with E-state index in [4.69, 9.17) is 0 Å². The average molecular weight is 279 g/mol. The van der Waals surface area contributed by atoms with Gasteiger partial charge in [0.1, 0.15) is 5.82 Å². The van der Waals surface area contributed by atoms with Crippen LogP contribution in [-0.2, 0) is 6.42 Å². The molecule has 0 aliphatic heterocycles. The molecule has 0 saturated carbocycles. The number of rotatable bonds is 7. The number of guanidine groups is 1. The highest BCUT2D eigenvalue weighted by molar-refractivity contribution is 5.79. The summed E-state index contributed by atoms with van der Waals surface area (Å²) in [6.07, 6.45) is 1.87. The second kappa shape index (κ2) is 9.34. The first kappa shape index (κ1) is 16.5. The van der Waals surface area contributed by atoms with Gasteiger partial charge in [0.2, 0.25) is 0 Å². The fraction of sp³-hybridized carbons (Fsp3) is 0.562. The van der Waals surface area contributed by atoms with Gasteiger partial charge in [-0.15, -0.1) is 0 Å². The number of hydrogen-bond acceptors (Lipinski definition) is 1. The Morgan fingerprint density at radius 3 is 2.75 bits per heavy atom. The summed E-state index contributed by atoms with van der Waals surface area (Å²) >= 11 is 0. The Morgan fingerprint density at radius 1 is 1.30 bits per heavy atom. The molecule has 112 valence electrons. The topological polar surface area (TPSA) is 36.4 Å². The summed E-state index contributed by atoms with van der Waals surface area (Å²) in [5, 5.41) is 6.50. The monoisotopic (exact) mass is 279 g/mol. The summed E-state index contributed by atoms with van der Waals surface area (Å²) in [5.41, 5.74) is 0.996. The van der Waals surface area contributed by atoms with E-state index >= 15 is 0 Å². The fourth-order valence-electron chi connectivity index (χ4n) is 1.79. The number of nitrogens with zero attached hydrogens (tertiary/aromatic N) is 1. The number of hydrogen-bond donors (Lipinski definition) is 2. The molecular weight excluding hydrogens is 253 g/mol. The van der Waals surface area contributed by atoms with Crippen LogP contribution in [0, 0.1) is 11.7 Å². The minimum atomic E-state index is -0.181. The normalized spacial score (nSPS) is 11.8. The molecule has 2 N–H and O–H groups in total. The summed E-state index contributed by atoms with van der Waals surface area (Å²) < 4.78 is 13.1. The Hall–Kier alpha value is -1.58. The zero-order valence-corrected chi connectivity index (χ0v) is 12.7. The molecule has 0 aromatic heterocycles. The maximum absolute atomic E-state index is 13.1. The van der Waals surface area contributed by atoms with Crippen molar-refractivity contribution in [3.63, 3.8) is 0 Å². The summed E-state index contributed by atoms with van der Waals surface area (Å²) in [4.78, 5) is 4.52. The Bertz CT molecular complexity index is 416. The molecule has 3 nitrogen and oxygen atoms in total. The molecular formula is C16H26FN3. The average Bonchev–Trinajstić information content (AvgIpc) is 2.38. The SMILES string of the molecule is CCNC(=NCCC(C)C)NCCc1cccc(F)c1. The Morgan fingerprint density at radius 2 is 2.10 bits per heavy atom. The van der Waals surface area contributed by atoms with E-state index in [0.717, 1.165) is 44.0 Å². The van der Waals surface area contributed by atoms with Crippen LogP contribution in [0.3, 0.4) is 0 Å². The van der Waals surface area contributed by atoms with Crippen molar-refractivity contribution in [3.05, 3.63) is 35.6 Å². The smallest absolute Gasteiger partial charge is 0.191 e. The molecule has 0 radical (unpaired) electrons. The summed E-state index contributed by atoms with van der Waals surface area (Å²) in [6, 6.07) is 6.72. The molecule has 0 atom stereocenters. The van der Waals surface area contributed by atoms with Gasteiger partial charge in [0.15, 0.2) is 5.96 Å². The van der Waals surface area contributed by atoms with Crippen LogP contribution in [0.4, 0.5) is 4.39 Å². The zero-order valence-electron chi connectivity index (χ0n) is 12.7. The molecule has 1 rings (SSSR count). The summed E-state index contributed by atoms with van der Waals surface area (Å²) in [5.74, 6) is 1.32. The molecule has 0 saturated heterocycles. The summed E-state index contributed by atoms with van der Waals surface area (Å²) in [6.45, 7) is 8.85. The van der Waals surface area contributed by atoms with E-state index in [1.165, 1.54) is 6.07 Å². The number of nitrogens with one attached hydrogen (secondary N) is 2. The van der Waals surface area contributed by atoms with E-state index in [-0.39, 0.29) is 5.82 Å². The predicted molar refractivity (Wildman–Crippen MR) is 83.5 cm³/mol. The number of aliphatic imine (C=N–C) groups is 1. The van der Waals surface area contributed by atoms with Gasteiger partial charge in [-0.05, 0) is 43.4 Å². The van der Waals surface area contributed by atoms with Crippen LogP contribution < -0.4 is 10.6 Å². The van der Waals surface area contributed by atoms with Gasteiger partial charge in [0, 0.05) is 19.6 Å². The molecule has 0 aliphatic carbocycles. The van der Waals surface area contributed by atoms with Gasteiger partial charge in [-0.2, -0.15) is 0 Å². The fourth-order valence-corrected chi connectivity index (χ4v) is 1.79. The molecule has 0 spiro atoms. The van der Waals surface area contributed by atoms with Crippen LogP contribution in [0.15, 0.2) is 29.3 Å². The molecule has 0 heterocycles. The van der Waals surface area contributed by atoms with E-state index < -0.39 is 0 Å². The number of halogens is 1. The first-order valence-corrected chi connectivity index (χ1v) is 7.38. The third-order valence-corrected chi connectivity index (χ3v) is 2.92. The molecule has 4 heteroatoms. The van der Waals surface area contributed by atoms with E-state index in [1.54, 1.807) is 12.1 Å². The highest BCUT2D eigenvalue weighted by atomic mass is 19.1. The van der Waals surface area contributed by atoms with Gasteiger partial charge in [0.05, 0.1) is 0 Å². The zero-order chi connectivity index (χ0) is 14.8. The lowest BCUT2D eigenvalue weighted by Gasteiger charge is -2.11. The van der Waals surface area contributed by atoms with Crippen molar-refractivity contribution >= 4 is 5.96 Å². The van der Waals surface area contributed by atoms with E-state index in [2.05, 4.69) is 29.5 Å². The Kier molecular flexibility index (Phi) is 7.70. The maximum atomic E-state index is 13.1. The molecule has 1 aromatic rings. The third-order valence-electron chi connectivity index (χ3n) is 2.92. The minimum absolute atomic E-state index is 0.181. The number of benzene rings is 1. The first-order valence-electron chi connectivity index (χ1n) is 7.38. The van der Waals surface area contributed by atoms with Gasteiger partial charge in [0.25, 0.3) is 0 Å². The molecule has 20 heavy (non-hydrogen) atoms. The second-order valence-electron chi connectivity index (χ2n) is 5.25. The highest BCUT2D eigenvalue weighted by Crippen LogP contribution is 2.03. The Balaban J connectivity index is 2.38. The van der Waals surface area contributed by atoms with Crippen molar-refractivity contribution in [2.75, 3.05) is 19.6 Å². The second-order valence-corrected chi connectivity index (χ2v) is 5.25. The van der Waals surface area contributed by atoms with Crippen LogP contribution in [0.1, 0.15) is 32.8 Å². The van der Waals surface area contributed by atoms with Crippen molar-refractivity contribution in [3.8, 4) is 0 Å². The van der Waals surface area contributed by atoms with E-state index in [1.807, 2.05) is 13.0 Å². The van der Waals surface area contributed by atoms with Gasteiger partial charge < -0.3 is 10.6 Å². The lowest BCUT2D eigenvalue weighted by molar-refractivity contribution is 0.594. The van der Waals surface area contributed by atoms with E-state index in [9.17, 15) is 4.39 Å². The lowest BCUT2D eigenvalue weighted by Crippen LogP contribution is -2.38. The minimum Gasteiger partial charge on any atom is -0.357 e. The van der Waals surface area contributed by atoms with Crippen molar-refractivity contribution in [1.82, 2.24) is 10.6 Å². The van der Waals surface area contributed by atoms with Gasteiger partial charge in [-0.3, -0.25) is 4.99 Å². The lowest BCUT2D eigenvalue weighted by atomic mass is 10.1.